The van der Waals surface area contributed by atoms with Crippen molar-refractivity contribution in [3.05, 3.63) is 101 Å². The van der Waals surface area contributed by atoms with E-state index in [0.29, 0.717) is 11.1 Å². The normalized spacial score (nSPS) is 10.7. The smallest absolute Gasteiger partial charge is 0.347 e. The summed E-state index contributed by atoms with van der Waals surface area (Å²) >= 11 is 1.34. The number of fused-ring (bicyclic) bond motifs is 1. The molecule has 30 heavy (non-hydrogen) atoms. The number of phenolic OH excluding ortho intramolecular Hbond substituents is 1. The number of nitro benzene ring substituents is 1. The van der Waals surface area contributed by atoms with E-state index in [1.807, 2.05) is 18.2 Å². The number of phenols is 1. The molecule has 0 aliphatic heterocycles. The van der Waals surface area contributed by atoms with E-state index in [2.05, 4.69) is 0 Å². The number of carbonyl (C=O) groups excluding carboxylic acids is 1. The highest BCUT2D eigenvalue weighted by atomic mass is 32.2. The van der Waals surface area contributed by atoms with E-state index in [1.54, 1.807) is 54.6 Å². The van der Waals surface area contributed by atoms with E-state index in [1.165, 1.54) is 23.9 Å². The van der Waals surface area contributed by atoms with Gasteiger partial charge in [-0.3, -0.25) is 10.1 Å². The van der Waals surface area contributed by atoms with Gasteiger partial charge in [0.2, 0.25) is 0 Å². The minimum absolute atomic E-state index is 0.00189. The van der Waals surface area contributed by atoms with Gasteiger partial charge in [0.15, 0.2) is 0 Å². The van der Waals surface area contributed by atoms with Crippen molar-refractivity contribution in [2.24, 2.45) is 0 Å². The van der Waals surface area contributed by atoms with E-state index in [-0.39, 0.29) is 17.0 Å². The van der Waals surface area contributed by atoms with Crippen LogP contribution in [0.15, 0.2) is 94.7 Å². The molecule has 0 aliphatic rings. The number of para-hydroxylation sites is 1. The van der Waals surface area contributed by atoms with Gasteiger partial charge in [0.25, 0.3) is 5.69 Å². The van der Waals surface area contributed by atoms with E-state index in [0.717, 1.165) is 15.2 Å². The monoisotopic (exact) mass is 417 g/mol. The Hall–Kier alpha value is -3.84. The van der Waals surface area contributed by atoms with Crippen LogP contribution < -0.4 is 4.74 Å². The molecular weight excluding hydrogens is 402 g/mol. The fraction of sp³-hybridized carbons (Fsp3) is 0. The molecule has 0 aromatic heterocycles. The summed E-state index contributed by atoms with van der Waals surface area (Å²) in [5.74, 6) is -0.450. The van der Waals surface area contributed by atoms with Crippen molar-refractivity contribution < 1.29 is 19.6 Å². The highest BCUT2D eigenvalue weighted by Gasteiger charge is 2.19. The predicted molar refractivity (Wildman–Crippen MR) is 114 cm³/mol. The van der Waals surface area contributed by atoms with Gasteiger partial charge in [-0.15, -0.1) is 0 Å². The average molecular weight is 417 g/mol. The molecule has 0 saturated heterocycles. The molecule has 0 amide bonds. The van der Waals surface area contributed by atoms with Gasteiger partial charge < -0.3 is 9.84 Å². The number of ether oxygens (including phenoxy) is 1. The number of non-ortho nitro benzene ring substituents is 1. The average Bonchev–Trinajstić information content (AvgIpc) is 2.76. The number of carbonyl (C=O) groups is 1. The zero-order valence-corrected chi connectivity index (χ0v) is 16.3. The first-order chi connectivity index (χ1) is 14.5. The number of nitro groups is 1. The topological polar surface area (TPSA) is 89.7 Å². The van der Waals surface area contributed by atoms with Crippen LogP contribution in [0.4, 0.5) is 5.69 Å². The molecule has 0 bridgehead atoms. The van der Waals surface area contributed by atoms with Crippen LogP contribution in [0.2, 0.25) is 0 Å². The molecule has 0 fully saturated rings. The second kappa shape index (κ2) is 8.26. The number of rotatable bonds is 5. The second-order valence-electron chi connectivity index (χ2n) is 6.37. The molecule has 1 N–H and O–H groups in total. The van der Waals surface area contributed by atoms with Gasteiger partial charge in [-0.25, -0.2) is 4.79 Å². The molecular formula is C23H15NO5S. The van der Waals surface area contributed by atoms with Crippen molar-refractivity contribution in [2.45, 2.75) is 9.79 Å². The number of nitrogens with zero attached hydrogens (tertiary/aromatic N) is 1. The highest BCUT2D eigenvalue weighted by Crippen LogP contribution is 2.40. The number of hydrogen-bond donors (Lipinski definition) is 1. The van der Waals surface area contributed by atoms with Gasteiger partial charge in [0.05, 0.1) is 4.92 Å². The number of aromatic hydroxyl groups is 1. The lowest BCUT2D eigenvalue weighted by atomic mass is 10.1. The summed E-state index contributed by atoms with van der Waals surface area (Å²) in [6.07, 6.45) is 0. The summed E-state index contributed by atoms with van der Waals surface area (Å²) < 4.78 is 5.39. The summed E-state index contributed by atoms with van der Waals surface area (Å²) in [4.78, 5) is 24.6. The zero-order valence-electron chi connectivity index (χ0n) is 15.5. The Morgan fingerprint density at radius 1 is 0.900 bits per heavy atom. The SMILES string of the molecule is O=C(Oc1ccccc1)c1cc(Sc2ccc([N+](=O)[O-])cc2)c2ccccc2c1O. The Morgan fingerprint density at radius 3 is 2.20 bits per heavy atom. The third-order valence-corrected chi connectivity index (χ3v) is 5.49. The molecule has 4 rings (SSSR count). The first-order valence-corrected chi connectivity index (χ1v) is 9.79. The van der Waals surface area contributed by atoms with Crippen LogP contribution in [0.1, 0.15) is 10.4 Å². The van der Waals surface area contributed by atoms with Crippen molar-refractivity contribution in [3.8, 4) is 11.5 Å². The van der Waals surface area contributed by atoms with Crippen LogP contribution in [0.5, 0.6) is 11.5 Å². The minimum atomic E-state index is -0.671. The highest BCUT2D eigenvalue weighted by molar-refractivity contribution is 7.99. The molecule has 0 heterocycles. The molecule has 148 valence electrons. The van der Waals surface area contributed by atoms with Crippen LogP contribution in [-0.2, 0) is 0 Å². The fourth-order valence-corrected chi connectivity index (χ4v) is 3.97. The van der Waals surface area contributed by atoms with Crippen LogP contribution >= 0.6 is 11.8 Å². The van der Waals surface area contributed by atoms with Gasteiger partial charge >= 0.3 is 5.97 Å². The van der Waals surface area contributed by atoms with Crippen LogP contribution in [0.3, 0.4) is 0 Å². The molecule has 4 aromatic carbocycles. The van der Waals surface area contributed by atoms with Crippen LogP contribution in [0.25, 0.3) is 10.8 Å². The van der Waals surface area contributed by atoms with Crippen molar-refractivity contribution in [1.82, 2.24) is 0 Å². The molecule has 4 aromatic rings. The number of hydrogen-bond acceptors (Lipinski definition) is 6. The first kappa shape index (κ1) is 19.5. The van der Waals surface area contributed by atoms with E-state index in [4.69, 9.17) is 4.74 Å². The Kier molecular flexibility index (Phi) is 5.36. The molecule has 0 unspecified atom stereocenters. The Labute approximate surface area is 175 Å². The fourth-order valence-electron chi connectivity index (χ4n) is 2.98. The lowest BCUT2D eigenvalue weighted by molar-refractivity contribution is -0.384. The van der Waals surface area contributed by atoms with Gasteiger partial charge in [-0.05, 0) is 35.7 Å². The van der Waals surface area contributed by atoms with Gasteiger partial charge in [0.1, 0.15) is 17.1 Å². The van der Waals surface area contributed by atoms with E-state index in [9.17, 15) is 20.0 Å². The van der Waals surface area contributed by atoms with Gasteiger partial charge in [-0.2, -0.15) is 0 Å². The molecule has 0 saturated carbocycles. The third kappa shape index (κ3) is 3.97. The first-order valence-electron chi connectivity index (χ1n) is 8.97. The lowest BCUT2D eigenvalue weighted by Gasteiger charge is -2.12. The Bertz CT molecular complexity index is 1240. The third-order valence-electron chi connectivity index (χ3n) is 4.43. The molecule has 7 heteroatoms. The second-order valence-corrected chi connectivity index (χ2v) is 7.49. The summed E-state index contributed by atoms with van der Waals surface area (Å²) in [6.45, 7) is 0. The van der Waals surface area contributed by atoms with Crippen molar-refractivity contribution in [1.29, 1.82) is 0 Å². The molecule has 0 spiro atoms. The Balaban J connectivity index is 1.74. The molecule has 6 nitrogen and oxygen atoms in total. The van der Waals surface area contributed by atoms with Crippen LogP contribution in [0, 0.1) is 10.1 Å². The Morgan fingerprint density at radius 2 is 1.53 bits per heavy atom. The minimum Gasteiger partial charge on any atom is -0.506 e. The summed E-state index contributed by atoms with van der Waals surface area (Å²) in [6, 6.07) is 23.5. The van der Waals surface area contributed by atoms with E-state index >= 15 is 0 Å². The van der Waals surface area contributed by atoms with E-state index < -0.39 is 10.9 Å². The summed E-state index contributed by atoms with van der Waals surface area (Å²) in [5.41, 5.74) is 0.0454. The predicted octanol–water partition coefficient (Wildman–Crippen LogP) is 5.82. The standard InChI is InChI=1S/C23H15NO5S/c25-22-19-9-5-4-8-18(19)21(30-17-12-10-15(11-13-17)24(27)28)14-20(22)23(26)29-16-6-2-1-3-7-16/h1-14,25H. The summed E-state index contributed by atoms with van der Waals surface area (Å²) in [5, 5.41) is 22.8. The summed E-state index contributed by atoms with van der Waals surface area (Å²) in [7, 11) is 0. The van der Waals surface area contributed by atoms with Crippen molar-refractivity contribution >= 4 is 34.2 Å². The number of esters is 1. The quantitative estimate of drug-likeness (QED) is 0.190. The van der Waals surface area contributed by atoms with Crippen molar-refractivity contribution in [3.63, 3.8) is 0 Å². The maximum absolute atomic E-state index is 12.7. The maximum Gasteiger partial charge on any atom is 0.347 e. The van der Waals surface area contributed by atoms with Gasteiger partial charge in [0, 0.05) is 27.3 Å². The lowest BCUT2D eigenvalue weighted by Crippen LogP contribution is -2.09. The van der Waals surface area contributed by atoms with Crippen molar-refractivity contribution in [2.75, 3.05) is 0 Å². The van der Waals surface area contributed by atoms with Crippen LogP contribution in [-0.4, -0.2) is 16.0 Å². The molecule has 0 atom stereocenters. The maximum atomic E-state index is 12.7. The van der Waals surface area contributed by atoms with Gasteiger partial charge in [-0.1, -0.05) is 54.2 Å². The number of benzene rings is 4. The molecule has 0 aliphatic carbocycles. The largest absolute Gasteiger partial charge is 0.506 e. The molecule has 0 radical (unpaired) electrons. The zero-order chi connectivity index (χ0) is 21.1.